The Bertz CT molecular complexity index is 785. The quantitative estimate of drug-likeness (QED) is 0.785. The zero-order valence-electron chi connectivity index (χ0n) is 15.0. The van der Waals surface area contributed by atoms with Crippen molar-refractivity contribution in [1.29, 1.82) is 0 Å². The number of aliphatic imine (C=N–C) groups is 1. The van der Waals surface area contributed by atoms with Crippen molar-refractivity contribution in [3.8, 4) is 5.75 Å². The lowest BCUT2D eigenvalue weighted by molar-refractivity contribution is 0.295. The van der Waals surface area contributed by atoms with E-state index in [0.717, 1.165) is 36.1 Å². The van der Waals surface area contributed by atoms with E-state index in [-0.39, 0.29) is 17.5 Å². The Morgan fingerprint density at radius 3 is 2.56 bits per heavy atom. The van der Waals surface area contributed by atoms with Crippen molar-refractivity contribution in [2.24, 2.45) is 4.99 Å². The van der Waals surface area contributed by atoms with Gasteiger partial charge in [0.2, 0.25) is 0 Å². The largest absolute Gasteiger partial charge is 0.508 e. The SMILES string of the molecule is CCc1ccc(C2=NC(C)(CC)NC(c3cc(Cl)ccc3O)C2)cc1. The molecule has 25 heavy (non-hydrogen) atoms. The topological polar surface area (TPSA) is 44.6 Å². The summed E-state index contributed by atoms with van der Waals surface area (Å²) in [4.78, 5) is 4.98. The van der Waals surface area contributed by atoms with Gasteiger partial charge in [-0.25, -0.2) is 0 Å². The molecule has 0 aromatic heterocycles. The van der Waals surface area contributed by atoms with Gasteiger partial charge in [0.25, 0.3) is 0 Å². The molecule has 3 rings (SSSR count). The summed E-state index contributed by atoms with van der Waals surface area (Å²) in [6.07, 6.45) is 2.61. The van der Waals surface area contributed by atoms with E-state index in [4.69, 9.17) is 16.6 Å². The molecule has 1 aliphatic heterocycles. The second-order valence-corrected chi connectivity index (χ2v) is 7.28. The van der Waals surface area contributed by atoms with E-state index in [1.807, 2.05) is 6.07 Å². The molecule has 2 N–H and O–H groups in total. The van der Waals surface area contributed by atoms with Crippen molar-refractivity contribution in [2.75, 3.05) is 0 Å². The Kier molecular flexibility index (Phi) is 5.16. The molecule has 0 radical (unpaired) electrons. The Hall–Kier alpha value is -1.84. The number of nitrogens with one attached hydrogen (secondary N) is 1. The Morgan fingerprint density at radius 1 is 1.20 bits per heavy atom. The van der Waals surface area contributed by atoms with Gasteiger partial charge in [-0.1, -0.05) is 49.7 Å². The van der Waals surface area contributed by atoms with Gasteiger partial charge in [-0.2, -0.15) is 0 Å². The van der Waals surface area contributed by atoms with Crippen LogP contribution in [0.3, 0.4) is 0 Å². The molecule has 0 spiro atoms. The minimum Gasteiger partial charge on any atom is -0.508 e. The molecule has 2 atom stereocenters. The molecule has 2 unspecified atom stereocenters. The third-order valence-electron chi connectivity index (χ3n) is 5.01. The van der Waals surface area contributed by atoms with Crippen LogP contribution in [-0.4, -0.2) is 16.5 Å². The molecule has 0 bridgehead atoms. The molecular formula is C21H25ClN2O. The second-order valence-electron chi connectivity index (χ2n) is 6.84. The first-order valence-electron chi connectivity index (χ1n) is 8.88. The van der Waals surface area contributed by atoms with Gasteiger partial charge in [0.05, 0.1) is 0 Å². The number of phenols is 1. The maximum Gasteiger partial charge on any atom is 0.120 e. The van der Waals surface area contributed by atoms with Crippen LogP contribution >= 0.6 is 11.6 Å². The highest BCUT2D eigenvalue weighted by molar-refractivity contribution is 6.30. The lowest BCUT2D eigenvalue weighted by Crippen LogP contribution is -2.47. The molecule has 2 aromatic rings. The van der Waals surface area contributed by atoms with Crippen LogP contribution in [0.1, 0.15) is 56.3 Å². The van der Waals surface area contributed by atoms with Crippen molar-refractivity contribution in [3.63, 3.8) is 0 Å². The molecule has 132 valence electrons. The van der Waals surface area contributed by atoms with Crippen LogP contribution in [0.4, 0.5) is 0 Å². The van der Waals surface area contributed by atoms with Crippen molar-refractivity contribution in [3.05, 3.63) is 64.2 Å². The fourth-order valence-electron chi connectivity index (χ4n) is 3.28. The van der Waals surface area contributed by atoms with Crippen molar-refractivity contribution >= 4 is 17.3 Å². The number of nitrogens with zero attached hydrogens (tertiary/aromatic N) is 1. The standard InChI is InChI=1S/C21H25ClN2O/c1-4-14-6-8-15(9-7-14)18-13-19(24-21(3,5-2)23-18)17-12-16(22)10-11-20(17)25/h6-12,19,24-25H,4-5,13H2,1-3H3. The summed E-state index contributed by atoms with van der Waals surface area (Å²) in [6.45, 7) is 6.37. The average Bonchev–Trinajstić information content (AvgIpc) is 2.63. The minimum absolute atomic E-state index is 0.0259. The smallest absolute Gasteiger partial charge is 0.120 e. The number of hydrogen-bond acceptors (Lipinski definition) is 3. The van der Waals surface area contributed by atoms with E-state index in [1.165, 1.54) is 5.56 Å². The molecule has 2 aromatic carbocycles. The molecule has 0 saturated heterocycles. The lowest BCUT2D eigenvalue weighted by atomic mass is 9.91. The molecule has 1 aliphatic rings. The predicted molar refractivity (Wildman–Crippen MR) is 105 cm³/mol. The van der Waals surface area contributed by atoms with Crippen LogP contribution in [-0.2, 0) is 6.42 Å². The number of hydrogen-bond donors (Lipinski definition) is 2. The highest BCUT2D eigenvalue weighted by Crippen LogP contribution is 2.35. The van der Waals surface area contributed by atoms with E-state index in [9.17, 15) is 5.11 Å². The summed E-state index contributed by atoms with van der Waals surface area (Å²) >= 11 is 6.16. The number of rotatable bonds is 4. The van der Waals surface area contributed by atoms with Gasteiger partial charge in [-0.05, 0) is 49.1 Å². The molecular weight excluding hydrogens is 332 g/mol. The first-order valence-corrected chi connectivity index (χ1v) is 9.26. The number of phenolic OH excluding ortho intramolecular Hbond substituents is 1. The Balaban J connectivity index is 1.99. The first kappa shape index (κ1) is 18.0. The number of benzene rings is 2. The van der Waals surface area contributed by atoms with Crippen molar-refractivity contribution < 1.29 is 5.11 Å². The maximum absolute atomic E-state index is 10.3. The predicted octanol–water partition coefficient (Wildman–Crippen LogP) is 5.26. The van der Waals surface area contributed by atoms with Crippen LogP contribution in [0, 0.1) is 0 Å². The molecule has 0 aliphatic carbocycles. The zero-order valence-corrected chi connectivity index (χ0v) is 15.8. The van der Waals surface area contributed by atoms with Gasteiger partial charge in [-0.3, -0.25) is 10.3 Å². The van der Waals surface area contributed by atoms with Crippen LogP contribution in [0.2, 0.25) is 5.02 Å². The molecule has 1 heterocycles. The molecule has 0 amide bonds. The summed E-state index contributed by atoms with van der Waals surface area (Å²) < 4.78 is 0. The Morgan fingerprint density at radius 2 is 1.92 bits per heavy atom. The van der Waals surface area contributed by atoms with Crippen molar-refractivity contribution in [1.82, 2.24) is 5.32 Å². The first-order chi connectivity index (χ1) is 11.9. The Labute approximate surface area is 154 Å². The van der Waals surface area contributed by atoms with E-state index < -0.39 is 0 Å². The molecule has 0 fully saturated rings. The zero-order chi connectivity index (χ0) is 18.0. The van der Waals surface area contributed by atoms with E-state index >= 15 is 0 Å². The third-order valence-corrected chi connectivity index (χ3v) is 5.25. The number of halogens is 1. The highest BCUT2D eigenvalue weighted by atomic mass is 35.5. The number of aromatic hydroxyl groups is 1. The van der Waals surface area contributed by atoms with Gasteiger partial charge < -0.3 is 5.11 Å². The fourth-order valence-corrected chi connectivity index (χ4v) is 3.46. The molecule has 4 heteroatoms. The van der Waals surface area contributed by atoms with E-state index in [1.54, 1.807) is 12.1 Å². The van der Waals surface area contributed by atoms with Crippen LogP contribution < -0.4 is 5.32 Å². The normalized spacial score (nSPS) is 23.4. The van der Waals surface area contributed by atoms with Crippen molar-refractivity contribution in [2.45, 2.75) is 51.7 Å². The number of aryl methyl sites for hydroxylation is 1. The van der Waals surface area contributed by atoms with Gasteiger partial charge in [0.1, 0.15) is 11.4 Å². The summed E-state index contributed by atoms with van der Waals surface area (Å²) in [6, 6.07) is 13.8. The highest BCUT2D eigenvalue weighted by Gasteiger charge is 2.33. The van der Waals surface area contributed by atoms with Gasteiger partial charge in [0.15, 0.2) is 0 Å². The van der Waals surface area contributed by atoms with Gasteiger partial charge in [-0.15, -0.1) is 0 Å². The van der Waals surface area contributed by atoms with Crippen LogP contribution in [0.5, 0.6) is 5.75 Å². The monoisotopic (exact) mass is 356 g/mol. The summed E-state index contributed by atoms with van der Waals surface area (Å²) in [5, 5.41) is 14.5. The minimum atomic E-state index is -0.365. The van der Waals surface area contributed by atoms with Crippen LogP contribution in [0.15, 0.2) is 47.5 Å². The molecule has 0 saturated carbocycles. The van der Waals surface area contributed by atoms with Gasteiger partial charge in [0, 0.05) is 28.8 Å². The van der Waals surface area contributed by atoms with Crippen LogP contribution in [0.25, 0.3) is 0 Å². The summed E-state index contributed by atoms with van der Waals surface area (Å²) in [5.74, 6) is 0.267. The van der Waals surface area contributed by atoms with E-state index in [0.29, 0.717) is 5.02 Å². The third kappa shape index (κ3) is 3.88. The maximum atomic E-state index is 10.3. The summed E-state index contributed by atoms with van der Waals surface area (Å²) in [7, 11) is 0. The summed E-state index contributed by atoms with van der Waals surface area (Å²) in [5.41, 5.74) is 3.99. The molecule has 3 nitrogen and oxygen atoms in total. The fraction of sp³-hybridized carbons (Fsp3) is 0.381. The van der Waals surface area contributed by atoms with Gasteiger partial charge >= 0.3 is 0 Å². The lowest BCUT2D eigenvalue weighted by Gasteiger charge is -2.37. The average molecular weight is 357 g/mol. The van der Waals surface area contributed by atoms with E-state index in [2.05, 4.69) is 50.4 Å². The second kappa shape index (κ2) is 7.19.